The van der Waals surface area contributed by atoms with E-state index in [-0.39, 0.29) is 12.8 Å². The molecule has 4 atom stereocenters. The van der Waals surface area contributed by atoms with Crippen molar-refractivity contribution in [1.29, 1.82) is 0 Å². The molecular weight excluding hydrogens is 216 g/mol. The second-order valence-corrected chi connectivity index (χ2v) is 4.38. The van der Waals surface area contributed by atoms with Gasteiger partial charge in [0.05, 0.1) is 23.7 Å². The van der Waals surface area contributed by atoms with Gasteiger partial charge in [-0.25, -0.2) is 0 Å². The van der Waals surface area contributed by atoms with E-state index in [1.165, 1.54) is 0 Å². The number of carbonyl (C=O) groups excluding carboxylic acids is 4. The summed E-state index contributed by atoms with van der Waals surface area (Å²) < 4.78 is 9.01. The van der Waals surface area contributed by atoms with Crippen molar-refractivity contribution < 1.29 is 28.7 Å². The summed E-state index contributed by atoms with van der Waals surface area (Å²) in [5, 5.41) is 0. The van der Waals surface area contributed by atoms with Crippen LogP contribution >= 0.6 is 0 Å². The fourth-order valence-corrected chi connectivity index (χ4v) is 2.75. The van der Waals surface area contributed by atoms with Crippen LogP contribution < -0.4 is 0 Å². The Bertz CT molecular complexity index is 349. The lowest BCUT2D eigenvalue weighted by Crippen LogP contribution is -2.35. The zero-order chi connectivity index (χ0) is 11.4. The normalized spacial score (nSPS) is 41.5. The molecule has 3 aliphatic rings. The number of carbonyl (C=O) groups is 4. The highest BCUT2D eigenvalue weighted by Gasteiger charge is 2.57. The van der Waals surface area contributed by atoms with Crippen molar-refractivity contribution in [3.8, 4) is 0 Å². The summed E-state index contributed by atoms with van der Waals surface area (Å²) in [6.45, 7) is 0. The minimum Gasteiger partial charge on any atom is -0.393 e. The molecule has 6 nitrogen and oxygen atoms in total. The van der Waals surface area contributed by atoms with Crippen LogP contribution in [0.1, 0.15) is 12.8 Å². The molecule has 0 aromatic carbocycles. The Labute approximate surface area is 89.9 Å². The maximum atomic E-state index is 11.3. The molecule has 0 amide bonds. The average molecular weight is 224 g/mol. The summed E-state index contributed by atoms with van der Waals surface area (Å²) in [4.78, 5) is 45.3. The van der Waals surface area contributed by atoms with Crippen LogP contribution in [0.3, 0.4) is 0 Å². The lowest BCUT2D eigenvalue weighted by molar-refractivity contribution is -0.154. The van der Waals surface area contributed by atoms with Crippen LogP contribution in [0, 0.1) is 23.7 Å². The van der Waals surface area contributed by atoms with Crippen molar-refractivity contribution >= 4 is 23.9 Å². The van der Waals surface area contributed by atoms with Crippen LogP contribution in [0.4, 0.5) is 0 Å². The van der Waals surface area contributed by atoms with Gasteiger partial charge >= 0.3 is 23.9 Å². The van der Waals surface area contributed by atoms with E-state index in [1.807, 2.05) is 0 Å². The fraction of sp³-hybridized carbons (Fsp3) is 0.600. The number of esters is 4. The van der Waals surface area contributed by atoms with Gasteiger partial charge in [-0.05, 0) is 12.8 Å². The van der Waals surface area contributed by atoms with Crippen molar-refractivity contribution in [2.45, 2.75) is 12.8 Å². The largest absolute Gasteiger partial charge is 0.393 e. The molecule has 0 bridgehead atoms. The highest BCUT2D eigenvalue weighted by molar-refractivity contribution is 6.01. The summed E-state index contributed by atoms with van der Waals surface area (Å²) >= 11 is 0. The molecule has 16 heavy (non-hydrogen) atoms. The van der Waals surface area contributed by atoms with E-state index in [9.17, 15) is 19.2 Å². The van der Waals surface area contributed by atoms with Crippen molar-refractivity contribution in [2.75, 3.05) is 0 Å². The quantitative estimate of drug-likeness (QED) is 0.404. The molecule has 2 heterocycles. The first kappa shape index (κ1) is 9.50. The molecule has 2 aliphatic heterocycles. The van der Waals surface area contributed by atoms with Gasteiger partial charge in [0.25, 0.3) is 0 Å². The summed E-state index contributed by atoms with van der Waals surface area (Å²) in [5.74, 6) is -4.64. The number of hydrogen-bond donors (Lipinski definition) is 0. The Balaban J connectivity index is 1.92. The first-order valence-corrected chi connectivity index (χ1v) is 5.09. The number of rotatable bonds is 0. The third kappa shape index (κ3) is 1.07. The summed E-state index contributed by atoms with van der Waals surface area (Å²) in [5.41, 5.74) is 0. The molecule has 0 aromatic heterocycles. The second kappa shape index (κ2) is 2.90. The van der Waals surface area contributed by atoms with Crippen LogP contribution in [0.5, 0.6) is 0 Å². The van der Waals surface area contributed by atoms with E-state index in [2.05, 4.69) is 9.47 Å². The Morgan fingerprint density at radius 2 is 0.875 bits per heavy atom. The first-order chi connectivity index (χ1) is 7.58. The molecule has 0 radical (unpaired) electrons. The monoisotopic (exact) mass is 224 g/mol. The minimum atomic E-state index is -0.583. The maximum Gasteiger partial charge on any atom is 0.317 e. The predicted octanol–water partition coefficient (Wildman–Crippen LogP) is -0.588. The van der Waals surface area contributed by atoms with E-state index in [0.717, 1.165) is 0 Å². The molecular formula is C10H8O6. The number of cyclic esters (lactones) is 4. The van der Waals surface area contributed by atoms with Crippen molar-refractivity contribution in [3.63, 3.8) is 0 Å². The molecule has 1 saturated carbocycles. The zero-order valence-corrected chi connectivity index (χ0v) is 8.17. The maximum absolute atomic E-state index is 11.3. The lowest BCUT2D eigenvalue weighted by Gasteiger charge is -2.25. The molecule has 0 N–H and O–H groups in total. The van der Waals surface area contributed by atoms with E-state index >= 15 is 0 Å². The standard InChI is InChI=1S/C10H8O6/c11-7-3-1-4-6(10(14)16-8(4)12)2-5(3)9(13)15-7/h3-6H,1-2H2/t3-,4-,5-,6+/m0/s1. The van der Waals surface area contributed by atoms with E-state index in [4.69, 9.17) is 0 Å². The molecule has 3 rings (SSSR count). The van der Waals surface area contributed by atoms with E-state index < -0.39 is 47.5 Å². The summed E-state index contributed by atoms with van der Waals surface area (Å²) in [6, 6.07) is 0. The van der Waals surface area contributed by atoms with Gasteiger partial charge in [0.2, 0.25) is 0 Å². The average Bonchev–Trinajstić information content (AvgIpc) is 2.67. The molecule has 0 spiro atoms. The Morgan fingerprint density at radius 1 is 0.625 bits per heavy atom. The van der Waals surface area contributed by atoms with Gasteiger partial charge in [0, 0.05) is 0 Å². The Kier molecular flexibility index (Phi) is 1.72. The minimum absolute atomic E-state index is 0.185. The van der Waals surface area contributed by atoms with Gasteiger partial charge < -0.3 is 9.47 Å². The highest BCUT2D eigenvalue weighted by atomic mass is 16.6. The SMILES string of the molecule is O=C1OC(=O)[C@H]2C[C@H]3C(=O)OC(=O)[C@H]3C[C@H]12. The molecule has 0 unspecified atom stereocenters. The number of fused-ring (bicyclic) bond motifs is 2. The highest BCUT2D eigenvalue weighted by Crippen LogP contribution is 2.45. The van der Waals surface area contributed by atoms with Gasteiger partial charge in [-0.3, -0.25) is 19.2 Å². The van der Waals surface area contributed by atoms with Crippen molar-refractivity contribution in [1.82, 2.24) is 0 Å². The van der Waals surface area contributed by atoms with Gasteiger partial charge in [-0.2, -0.15) is 0 Å². The molecule has 2 saturated heterocycles. The fourth-order valence-electron chi connectivity index (χ4n) is 2.75. The van der Waals surface area contributed by atoms with Gasteiger partial charge in [0.15, 0.2) is 0 Å². The van der Waals surface area contributed by atoms with Crippen molar-refractivity contribution in [2.24, 2.45) is 23.7 Å². The topological polar surface area (TPSA) is 86.7 Å². The Hall–Kier alpha value is -1.72. The molecule has 0 aromatic rings. The smallest absolute Gasteiger partial charge is 0.317 e. The molecule has 6 heteroatoms. The Morgan fingerprint density at radius 3 is 1.12 bits per heavy atom. The number of hydrogen-bond acceptors (Lipinski definition) is 6. The third-order valence-electron chi connectivity index (χ3n) is 3.60. The lowest BCUT2D eigenvalue weighted by atomic mass is 9.70. The summed E-state index contributed by atoms with van der Waals surface area (Å²) in [6.07, 6.45) is 0.370. The first-order valence-electron chi connectivity index (χ1n) is 5.09. The van der Waals surface area contributed by atoms with Crippen molar-refractivity contribution in [3.05, 3.63) is 0 Å². The molecule has 84 valence electrons. The van der Waals surface area contributed by atoms with Crippen LogP contribution in [0.25, 0.3) is 0 Å². The third-order valence-corrected chi connectivity index (χ3v) is 3.60. The molecule has 3 fully saturated rings. The second-order valence-electron chi connectivity index (χ2n) is 4.38. The van der Waals surface area contributed by atoms with Gasteiger partial charge in [0.1, 0.15) is 0 Å². The van der Waals surface area contributed by atoms with E-state index in [1.54, 1.807) is 0 Å². The van der Waals surface area contributed by atoms with Crippen LogP contribution in [-0.4, -0.2) is 23.9 Å². The van der Waals surface area contributed by atoms with Gasteiger partial charge in [-0.15, -0.1) is 0 Å². The number of ether oxygens (including phenoxy) is 2. The predicted molar refractivity (Wildman–Crippen MR) is 45.4 cm³/mol. The van der Waals surface area contributed by atoms with Crippen LogP contribution in [-0.2, 0) is 28.7 Å². The zero-order valence-electron chi connectivity index (χ0n) is 8.17. The van der Waals surface area contributed by atoms with Crippen LogP contribution in [0.15, 0.2) is 0 Å². The van der Waals surface area contributed by atoms with Gasteiger partial charge in [-0.1, -0.05) is 0 Å². The van der Waals surface area contributed by atoms with E-state index in [0.29, 0.717) is 0 Å². The van der Waals surface area contributed by atoms with Crippen LogP contribution in [0.2, 0.25) is 0 Å². The molecule has 1 aliphatic carbocycles. The summed E-state index contributed by atoms with van der Waals surface area (Å²) in [7, 11) is 0.